The normalized spacial score (nSPS) is 11.7. The van der Waals surface area contributed by atoms with Crippen LogP contribution in [0.15, 0.2) is 23.2 Å². The maximum absolute atomic E-state index is 12.5. The zero-order valence-corrected chi connectivity index (χ0v) is 13.2. The summed E-state index contributed by atoms with van der Waals surface area (Å²) in [4.78, 5) is 4.20. The minimum atomic E-state index is -3.75. The highest BCUT2D eigenvalue weighted by Crippen LogP contribution is 2.26. The van der Waals surface area contributed by atoms with E-state index in [2.05, 4.69) is 19.9 Å². The van der Waals surface area contributed by atoms with Gasteiger partial charge in [-0.3, -0.25) is 9.82 Å². The molecular formula is C13H18N4O3S. The second-order valence-electron chi connectivity index (χ2n) is 4.89. The number of nitrogens with zero attached hydrogens (tertiary/aromatic N) is 2. The molecule has 0 aliphatic heterocycles. The van der Waals surface area contributed by atoms with Gasteiger partial charge in [0.05, 0.1) is 17.5 Å². The molecule has 2 aromatic rings. The van der Waals surface area contributed by atoms with E-state index in [1.807, 2.05) is 13.8 Å². The molecule has 0 aliphatic rings. The summed E-state index contributed by atoms with van der Waals surface area (Å²) in [5.74, 6) is 0.245. The molecule has 8 heteroatoms. The number of sulfonamides is 1. The molecular weight excluding hydrogens is 292 g/mol. The summed E-state index contributed by atoms with van der Waals surface area (Å²) < 4.78 is 33.0. The highest BCUT2D eigenvalue weighted by molar-refractivity contribution is 7.92. The van der Waals surface area contributed by atoms with Crippen LogP contribution >= 0.6 is 0 Å². The first-order valence-corrected chi connectivity index (χ1v) is 7.95. The SMILES string of the molecule is Cc1n[nH]c(C)c1S(=O)(=O)Nc1cccnc1OC(C)C. The van der Waals surface area contributed by atoms with Crippen LogP contribution in [0.2, 0.25) is 0 Å². The van der Waals surface area contributed by atoms with Crippen LogP contribution in [-0.4, -0.2) is 29.7 Å². The summed E-state index contributed by atoms with van der Waals surface area (Å²) in [7, 11) is -3.75. The Balaban J connectivity index is 2.38. The molecule has 0 fully saturated rings. The topological polar surface area (TPSA) is 97.0 Å². The fourth-order valence-corrected chi connectivity index (χ4v) is 3.35. The molecule has 0 unspecified atom stereocenters. The van der Waals surface area contributed by atoms with Crippen LogP contribution in [0, 0.1) is 13.8 Å². The van der Waals surface area contributed by atoms with Crippen LogP contribution in [0.5, 0.6) is 5.88 Å². The summed E-state index contributed by atoms with van der Waals surface area (Å²) in [5, 5.41) is 6.56. The molecule has 0 saturated heterocycles. The van der Waals surface area contributed by atoms with Gasteiger partial charge in [0.15, 0.2) is 0 Å². The average Bonchev–Trinajstić information content (AvgIpc) is 2.71. The smallest absolute Gasteiger partial charge is 0.265 e. The number of pyridine rings is 1. The number of aromatic amines is 1. The third-order valence-electron chi connectivity index (χ3n) is 2.69. The highest BCUT2D eigenvalue weighted by Gasteiger charge is 2.24. The Hall–Kier alpha value is -2.09. The second kappa shape index (κ2) is 5.72. The average molecular weight is 310 g/mol. The second-order valence-corrected chi connectivity index (χ2v) is 6.51. The monoisotopic (exact) mass is 310 g/mol. The Morgan fingerprint density at radius 2 is 2.05 bits per heavy atom. The van der Waals surface area contributed by atoms with Crippen LogP contribution in [0.3, 0.4) is 0 Å². The first kappa shape index (κ1) is 15.3. The van der Waals surface area contributed by atoms with E-state index in [4.69, 9.17) is 4.74 Å². The van der Waals surface area contributed by atoms with Crippen LogP contribution < -0.4 is 9.46 Å². The molecule has 21 heavy (non-hydrogen) atoms. The lowest BCUT2D eigenvalue weighted by Gasteiger charge is -2.14. The van der Waals surface area contributed by atoms with Gasteiger partial charge >= 0.3 is 0 Å². The van der Waals surface area contributed by atoms with E-state index >= 15 is 0 Å². The molecule has 0 radical (unpaired) electrons. The number of hydrogen-bond acceptors (Lipinski definition) is 5. The minimum absolute atomic E-state index is 0.111. The number of ether oxygens (including phenoxy) is 1. The highest BCUT2D eigenvalue weighted by atomic mass is 32.2. The molecule has 2 rings (SSSR count). The summed E-state index contributed by atoms with van der Waals surface area (Å²) in [5.41, 5.74) is 1.19. The van der Waals surface area contributed by atoms with Gasteiger partial charge in [-0.25, -0.2) is 13.4 Å². The lowest BCUT2D eigenvalue weighted by Crippen LogP contribution is -2.17. The lowest BCUT2D eigenvalue weighted by molar-refractivity contribution is 0.234. The fraction of sp³-hybridized carbons (Fsp3) is 0.385. The van der Waals surface area contributed by atoms with Crippen LogP contribution in [0.1, 0.15) is 25.2 Å². The first-order valence-electron chi connectivity index (χ1n) is 6.47. The van der Waals surface area contributed by atoms with Crippen LogP contribution in [0.4, 0.5) is 5.69 Å². The van der Waals surface area contributed by atoms with Crippen molar-refractivity contribution in [2.45, 2.75) is 38.7 Å². The molecule has 0 aliphatic carbocycles. The molecule has 2 N–H and O–H groups in total. The van der Waals surface area contributed by atoms with Crippen LogP contribution in [0.25, 0.3) is 0 Å². The van der Waals surface area contributed by atoms with Crippen molar-refractivity contribution in [2.75, 3.05) is 4.72 Å². The Morgan fingerprint density at radius 1 is 1.33 bits per heavy atom. The number of rotatable bonds is 5. The van der Waals surface area contributed by atoms with Crippen molar-refractivity contribution in [3.8, 4) is 5.88 Å². The van der Waals surface area contributed by atoms with Gasteiger partial charge in [-0.05, 0) is 39.8 Å². The predicted molar refractivity (Wildman–Crippen MR) is 78.9 cm³/mol. The molecule has 0 saturated carbocycles. The predicted octanol–water partition coefficient (Wildman–Crippen LogP) is 2.01. The van der Waals surface area contributed by atoms with Gasteiger partial charge in [-0.1, -0.05) is 0 Å². The number of nitrogens with one attached hydrogen (secondary N) is 2. The number of aromatic nitrogens is 3. The van der Waals surface area contributed by atoms with E-state index in [0.717, 1.165) is 0 Å². The fourth-order valence-electron chi connectivity index (χ4n) is 1.92. The van der Waals surface area contributed by atoms with Gasteiger partial charge in [-0.2, -0.15) is 5.10 Å². The largest absolute Gasteiger partial charge is 0.473 e. The maximum Gasteiger partial charge on any atom is 0.265 e. The maximum atomic E-state index is 12.5. The molecule has 0 spiro atoms. The van der Waals surface area contributed by atoms with Crippen molar-refractivity contribution >= 4 is 15.7 Å². The molecule has 114 valence electrons. The minimum Gasteiger partial charge on any atom is -0.473 e. The zero-order valence-electron chi connectivity index (χ0n) is 12.3. The summed E-state index contributed by atoms with van der Waals surface area (Å²) in [6.07, 6.45) is 1.43. The number of anilines is 1. The van der Waals surface area contributed by atoms with E-state index in [1.54, 1.807) is 32.2 Å². The molecule has 0 bridgehead atoms. The standard InChI is InChI=1S/C13H18N4O3S/c1-8(2)20-13-11(6-5-7-14-13)17-21(18,19)12-9(3)15-16-10(12)4/h5-8,17H,1-4H3,(H,15,16). The summed E-state index contributed by atoms with van der Waals surface area (Å²) >= 11 is 0. The molecule has 2 heterocycles. The van der Waals surface area contributed by atoms with Gasteiger partial charge in [0.2, 0.25) is 5.88 Å². The Morgan fingerprint density at radius 3 is 2.62 bits per heavy atom. The number of hydrogen-bond donors (Lipinski definition) is 2. The molecule has 0 atom stereocenters. The third kappa shape index (κ3) is 3.33. The van der Waals surface area contributed by atoms with Gasteiger partial charge < -0.3 is 4.74 Å². The van der Waals surface area contributed by atoms with Crippen molar-refractivity contribution in [3.63, 3.8) is 0 Å². The molecule has 2 aromatic heterocycles. The zero-order chi connectivity index (χ0) is 15.6. The molecule has 0 aromatic carbocycles. The number of aryl methyl sites for hydroxylation is 2. The van der Waals surface area contributed by atoms with Crippen molar-refractivity contribution in [1.29, 1.82) is 0 Å². The van der Waals surface area contributed by atoms with E-state index in [9.17, 15) is 8.42 Å². The van der Waals surface area contributed by atoms with Crippen molar-refractivity contribution in [2.24, 2.45) is 0 Å². The molecule has 0 amide bonds. The van der Waals surface area contributed by atoms with Gasteiger partial charge in [0.25, 0.3) is 10.0 Å². The Kier molecular flexibility index (Phi) is 4.17. The lowest BCUT2D eigenvalue weighted by atomic mass is 10.4. The van der Waals surface area contributed by atoms with Gasteiger partial charge in [0, 0.05) is 6.20 Å². The van der Waals surface area contributed by atoms with E-state index < -0.39 is 10.0 Å². The van der Waals surface area contributed by atoms with Gasteiger partial charge in [-0.15, -0.1) is 0 Å². The van der Waals surface area contributed by atoms with Crippen molar-refractivity contribution < 1.29 is 13.2 Å². The van der Waals surface area contributed by atoms with E-state index in [-0.39, 0.29) is 16.9 Å². The quantitative estimate of drug-likeness (QED) is 0.880. The third-order valence-corrected chi connectivity index (χ3v) is 4.32. The Bertz CT molecular complexity index is 718. The Labute approximate surface area is 123 Å². The summed E-state index contributed by atoms with van der Waals surface area (Å²) in [6.45, 7) is 6.98. The first-order chi connectivity index (χ1) is 9.81. The van der Waals surface area contributed by atoms with E-state index in [1.165, 1.54) is 0 Å². The van der Waals surface area contributed by atoms with Crippen molar-refractivity contribution in [1.82, 2.24) is 15.2 Å². The van der Waals surface area contributed by atoms with Crippen LogP contribution in [-0.2, 0) is 10.0 Å². The number of H-pyrrole nitrogens is 1. The van der Waals surface area contributed by atoms with Crippen molar-refractivity contribution in [3.05, 3.63) is 29.7 Å². The summed E-state index contributed by atoms with van der Waals surface area (Å²) in [6, 6.07) is 3.24. The van der Waals surface area contributed by atoms with E-state index in [0.29, 0.717) is 17.1 Å². The van der Waals surface area contributed by atoms with Gasteiger partial charge in [0.1, 0.15) is 10.6 Å². The molecule has 7 nitrogen and oxygen atoms in total.